The smallest absolute Gasteiger partial charge is 0.310 e. The van der Waals surface area contributed by atoms with Crippen molar-refractivity contribution in [1.29, 1.82) is 0 Å². The first kappa shape index (κ1) is 19.0. The van der Waals surface area contributed by atoms with Crippen molar-refractivity contribution in [2.75, 3.05) is 0 Å². The van der Waals surface area contributed by atoms with Crippen LogP contribution in [0.25, 0.3) is 0 Å². The van der Waals surface area contributed by atoms with Crippen LogP contribution in [0.1, 0.15) is 79.6 Å². The lowest BCUT2D eigenvalue weighted by Gasteiger charge is -2.61. The van der Waals surface area contributed by atoms with Gasteiger partial charge in [-0.1, -0.05) is 20.8 Å². The number of hydrogen-bond acceptors (Lipinski definition) is 4. The Morgan fingerprint density at radius 3 is 2.56 bits per heavy atom. The fourth-order valence-electron chi connectivity index (χ4n) is 7.60. The first-order valence-corrected chi connectivity index (χ1v) is 10.7. The number of fused-ring (bicyclic) bond motifs is 5. The maximum Gasteiger partial charge on any atom is 0.310 e. The molecule has 1 heterocycles. The predicted molar refractivity (Wildman–Crippen MR) is 103 cm³/mol. The minimum atomic E-state index is -0.171. The van der Waals surface area contributed by atoms with Crippen LogP contribution in [0.3, 0.4) is 0 Å². The van der Waals surface area contributed by atoms with Crippen LogP contribution in [-0.2, 0) is 19.1 Å². The van der Waals surface area contributed by atoms with Crippen LogP contribution in [0, 0.1) is 34.0 Å². The standard InChI is InChI=1S/C23H34O4/c1-14(26-15(2)24)16-8-12-23(5)18-6-7-19-21(3,11-10-20(25)27-19)17(18)9-13-22(16,23)4/h7,14,16-18H,6,8-13H2,1-5H3/t14-,16?,17?,18?,21-,22?,23?/m0/s1. The van der Waals surface area contributed by atoms with Crippen molar-refractivity contribution in [3.63, 3.8) is 0 Å². The zero-order valence-electron chi connectivity index (χ0n) is 17.5. The van der Waals surface area contributed by atoms with Crippen LogP contribution in [0.2, 0.25) is 0 Å². The average molecular weight is 375 g/mol. The molecular formula is C23H34O4. The number of esters is 2. The van der Waals surface area contributed by atoms with Crippen LogP contribution in [0.15, 0.2) is 11.8 Å². The highest BCUT2D eigenvalue weighted by Crippen LogP contribution is 2.71. The third kappa shape index (κ3) is 2.54. The van der Waals surface area contributed by atoms with Crippen molar-refractivity contribution in [2.45, 2.75) is 85.7 Å². The normalized spacial score (nSPS) is 47.1. The Kier molecular flexibility index (Phi) is 4.29. The number of allylic oxidation sites excluding steroid dienone is 2. The van der Waals surface area contributed by atoms with E-state index in [1.807, 2.05) is 0 Å². The molecule has 3 aliphatic carbocycles. The van der Waals surface area contributed by atoms with E-state index in [-0.39, 0.29) is 34.3 Å². The summed E-state index contributed by atoms with van der Waals surface area (Å²) in [5.74, 6) is 2.31. The Labute approximate surface area is 163 Å². The molecule has 4 aliphatic rings. The minimum Gasteiger partial charge on any atom is -0.463 e. The van der Waals surface area contributed by atoms with Crippen molar-refractivity contribution in [3.8, 4) is 0 Å². The maximum absolute atomic E-state index is 11.8. The monoisotopic (exact) mass is 374 g/mol. The first-order chi connectivity index (χ1) is 12.6. The summed E-state index contributed by atoms with van der Waals surface area (Å²) in [4.78, 5) is 23.4. The van der Waals surface area contributed by atoms with Gasteiger partial charge in [-0.25, -0.2) is 0 Å². The lowest BCUT2D eigenvalue weighted by atomic mass is 9.44. The van der Waals surface area contributed by atoms with Gasteiger partial charge in [-0.05, 0) is 74.2 Å². The molecule has 0 bridgehead atoms. The van der Waals surface area contributed by atoms with E-state index in [9.17, 15) is 9.59 Å². The van der Waals surface area contributed by atoms with Crippen molar-refractivity contribution in [1.82, 2.24) is 0 Å². The quantitative estimate of drug-likeness (QED) is 0.637. The molecule has 0 aromatic carbocycles. The van der Waals surface area contributed by atoms with Gasteiger partial charge in [0.05, 0.1) is 0 Å². The van der Waals surface area contributed by atoms with Gasteiger partial charge in [0.15, 0.2) is 0 Å². The second-order valence-corrected chi connectivity index (χ2v) is 10.2. The zero-order valence-corrected chi connectivity index (χ0v) is 17.5. The van der Waals surface area contributed by atoms with Gasteiger partial charge in [0, 0.05) is 24.7 Å². The molecule has 4 heteroatoms. The summed E-state index contributed by atoms with van der Waals surface area (Å²) in [5, 5.41) is 0. The lowest BCUT2D eigenvalue weighted by Crippen LogP contribution is -2.56. The molecule has 1 saturated heterocycles. The molecule has 27 heavy (non-hydrogen) atoms. The van der Waals surface area contributed by atoms with Crippen LogP contribution in [-0.4, -0.2) is 18.0 Å². The van der Waals surface area contributed by atoms with E-state index in [4.69, 9.17) is 9.47 Å². The molecule has 0 aromatic heterocycles. The molecule has 3 fully saturated rings. The van der Waals surface area contributed by atoms with Crippen molar-refractivity contribution in [3.05, 3.63) is 11.8 Å². The number of ether oxygens (including phenoxy) is 2. The lowest BCUT2D eigenvalue weighted by molar-refractivity contribution is -0.165. The summed E-state index contributed by atoms with van der Waals surface area (Å²) in [7, 11) is 0. The summed E-state index contributed by atoms with van der Waals surface area (Å²) in [6, 6.07) is 0. The van der Waals surface area contributed by atoms with Crippen LogP contribution < -0.4 is 0 Å². The summed E-state index contributed by atoms with van der Waals surface area (Å²) >= 11 is 0. The average Bonchev–Trinajstić information content (AvgIpc) is 2.87. The number of carbonyl (C=O) groups is 2. The highest BCUT2D eigenvalue weighted by Gasteiger charge is 2.65. The Bertz CT molecular complexity index is 696. The topological polar surface area (TPSA) is 52.6 Å². The summed E-state index contributed by atoms with van der Waals surface area (Å²) in [6.45, 7) is 10.9. The predicted octanol–water partition coefficient (Wildman–Crippen LogP) is 5.02. The molecule has 0 radical (unpaired) electrons. The fourth-order valence-corrected chi connectivity index (χ4v) is 7.60. The summed E-state index contributed by atoms with van der Waals surface area (Å²) in [6.07, 6.45) is 9.32. The Morgan fingerprint density at radius 2 is 1.85 bits per heavy atom. The van der Waals surface area contributed by atoms with E-state index in [0.717, 1.165) is 31.4 Å². The van der Waals surface area contributed by atoms with Gasteiger partial charge < -0.3 is 9.47 Å². The molecule has 2 saturated carbocycles. The van der Waals surface area contributed by atoms with E-state index >= 15 is 0 Å². The highest BCUT2D eigenvalue weighted by molar-refractivity contribution is 5.72. The number of rotatable bonds is 2. The van der Waals surface area contributed by atoms with Crippen LogP contribution >= 0.6 is 0 Å². The Balaban J connectivity index is 1.66. The number of hydrogen-bond donors (Lipinski definition) is 0. The fraction of sp³-hybridized carbons (Fsp3) is 0.826. The SMILES string of the molecule is CC(=O)O[C@@H](C)C1CCC2(C)C3CC=C4OC(=O)CC[C@@]4(C)C3CCC12C. The van der Waals surface area contributed by atoms with E-state index in [0.29, 0.717) is 24.2 Å². The largest absolute Gasteiger partial charge is 0.463 e. The van der Waals surface area contributed by atoms with E-state index in [1.165, 1.54) is 19.8 Å². The molecule has 0 amide bonds. The molecule has 0 N–H and O–H groups in total. The van der Waals surface area contributed by atoms with Gasteiger partial charge in [0.25, 0.3) is 0 Å². The van der Waals surface area contributed by atoms with Crippen molar-refractivity contribution >= 4 is 11.9 Å². The van der Waals surface area contributed by atoms with Crippen LogP contribution in [0.5, 0.6) is 0 Å². The second-order valence-electron chi connectivity index (χ2n) is 10.2. The molecular weight excluding hydrogens is 340 g/mol. The van der Waals surface area contributed by atoms with Gasteiger partial charge >= 0.3 is 11.9 Å². The third-order valence-electron chi connectivity index (χ3n) is 9.31. The minimum absolute atomic E-state index is 0.000748. The Morgan fingerprint density at radius 1 is 1.15 bits per heavy atom. The third-order valence-corrected chi connectivity index (χ3v) is 9.31. The molecule has 5 unspecified atom stereocenters. The molecule has 150 valence electrons. The maximum atomic E-state index is 11.8. The van der Waals surface area contributed by atoms with Gasteiger partial charge in [-0.15, -0.1) is 0 Å². The van der Waals surface area contributed by atoms with Crippen LogP contribution in [0.4, 0.5) is 0 Å². The van der Waals surface area contributed by atoms with E-state index < -0.39 is 0 Å². The summed E-state index contributed by atoms with van der Waals surface area (Å²) < 4.78 is 11.3. The van der Waals surface area contributed by atoms with E-state index in [2.05, 4.69) is 33.8 Å². The van der Waals surface area contributed by atoms with Gasteiger partial charge in [-0.3, -0.25) is 9.59 Å². The van der Waals surface area contributed by atoms with Gasteiger partial charge in [0.2, 0.25) is 0 Å². The molecule has 4 rings (SSSR count). The van der Waals surface area contributed by atoms with Gasteiger partial charge in [-0.2, -0.15) is 0 Å². The molecule has 4 nitrogen and oxygen atoms in total. The van der Waals surface area contributed by atoms with Crippen molar-refractivity contribution in [2.24, 2.45) is 34.0 Å². The number of carbonyl (C=O) groups excluding carboxylic acids is 2. The zero-order chi connectivity index (χ0) is 19.6. The first-order valence-electron chi connectivity index (χ1n) is 10.7. The molecule has 0 aromatic rings. The Hall–Kier alpha value is -1.32. The molecule has 0 spiro atoms. The highest BCUT2D eigenvalue weighted by atomic mass is 16.5. The van der Waals surface area contributed by atoms with E-state index in [1.54, 1.807) is 0 Å². The van der Waals surface area contributed by atoms with Gasteiger partial charge in [0.1, 0.15) is 11.9 Å². The van der Waals surface area contributed by atoms with Crippen molar-refractivity contribution < 1.29 is 19.1 Å². The second kappa shape index (κ2) is 6.09. The molecule has 7 atom stereocenters. The molecule has 1 aliphatic heterocycles. The summed E-state index contributed by atoms with van der Waals surface area (Å²) in [5.41, 5.74) is 0.429.